The summed E-state index contributed by atoms with van der Waals surface area (Å²) < 4.78 is 0. The maximum absolute atomic E-state index is 10.8. The molecule has 9 heteroatoms. The molecule has 17 heavy (non-hydrogen) atoms. The Morgan fingerprint density at radius 1 is 1.47 bits per heavy atom. The molecule has 0 aliphatic heterocycles. The van der Waals surface area contributed by atoms with E-state index in [1.165, 1.54) is 5.38 Å². The van der Waals surface area contributed by atoms with Crippen LogP contribution in [0.15, 0.2) is 22.9 Å². The van der Waals surface area contributed by atoms with E-state index in [1.807, 2.05) is 0 Å². The van der Waals surface area contributed by atoms with Gasteiger partial charge in [-0.2, -0.15) is 0 Å². The number of aromatic nitrogens is 1. The Bertz CT molecular complexity index is 507. The fourth-order valence-electron chi connectivity index (χ4n) is 0.732. The van der Waals surface area contributed by atoms with Crippen LogP contribution < -0.4 is 5.73 Å². The molecule has 0 aliphatic carbocycles. The first-order chi connectivity index (χ1) is 7.91. The van der Waals surface area contributed by atoms with Gasteiger partial charge in [-0.25, -0.2) is 14.6 Å². The molecule has 0 atom stereocenters. The Hall–Kier alpha value is -2.42. The third kappa shape index (κ3) is 3.28. The van der Waals surface area contributed by atoms with Crippen LogP contribution >= 0.6 is 11.3 Å². The third-order valence-electron chi connectivity index (χ3n) is 1.45. The Kier molecular flexibility index (Phi) is 3.78. The van der Waals surface area contributed by atoms with E-state index in [9.17, 15) is 9.59 Å². The fourth-order valence-corrected chi connectivity index (χ4v) is 1.28. The zero-order valence-corrected chi connectivity index (χ0v) is 9.10. The highest BCUT2D eigenvalue weighted by molar-refractivity contribution is 7.13. The molecule has 0 aromatic carbocycles. The molecule has 0 spiro atoms. The minimum atomic E-state index is -1.45. The molecule has 0 radical (unpaired) electrons. The van der Waals surface area contributed by atoms with E-state index in [4.69, 9.17) is 15.9 Å². The molecule has 0 saturated heterocycles. The van der Waals surface area contributed by atoms with E-state index in [2.05, 4.69) is 21.6 Å². The highest BCUT2D eigenvalue weighted by atomic mass is 32.1. The van der Waals surface area contributed by atoms with E-state index in [0.29, 0.717) is 0 Å². The summed E-state index contributed by atoms with van der Waals surface area (Å²) in [6.07, 6.45) is 0. The van der Waals surface area contributed by atoms with Gasteiger partial charge in [-0.15, -0.1) is 11.3 Å². The van der Waals surface area contributed by atoms with Crippen LogP contribution in [0, 0.1) is 0 Å². The van der Waals surface area contributed by atoms with E-state index < -0.39 is 23.4 Å². The molecule has 90 valence electrons. The zero-order chi connectivity index (χ0) is 13.0. The molecule has 0 aliphatic rings. The summed E-state index contributed by atoms with van der Waals surface area (Å²) in [5.41, 5.74) is 4.76. The molecule has 4 N–H and O–H groups in total. The van der Waals surface area contributed by atoms with Gasteiger partial charge in [0.2, 0.25) is 11.5 Å². The van der Waals surface area contributed by atoms with Gasteiger partial charge in [0.15, 0.2) is 5.13 Å². The van der Waals surface area contributed by atoms with Crippen molar-refractivity contribution in [2.45, 2.75) is 0 Å². The molecule has 1 heterocycles. The number of rotatable bonds is 5. The van der Waals surface area contributed by atoms with Crippen molar-refractivity contribution in [2.75, 3.05) is 5.73 Å². The molecule has 1 aromatic rings. The first-order valence-electron chi connectivity index (χ1n) is 4.03. The van der Waals surface area contributed by atoms with Gasteiger partial charge in [0.1, 0.15) is 5.69 Å². The molecular weight excluding hydrogens is 250 g/mol. The summed E-state index contributed by atoms with van der Waals surface area (Å²) in [7, 11) is 0. The monoisotopic (exact) mass is 257 g/mol. The average Bonchev–Trinajstić information content (AvgIpc) is 2.64. The number of carbonyl (C=O) groups is 2. The largest absolute Gasteiger partial charge is 0.476 e. The summed E-state index contributed by atoms with van der Waals surface area (Å²) >= 11 is 1.02. The number of anilines is 1. The molecule has 0 unspecified atom stereocenters. The van der Waals surface area contributed by atoms with Crippen LogP contribution in [0.1, 0.15) is 5.69 Å². The minimum absolute atomic E-state index is 0.0156. The van der Waals surface area contributed by atoms with Crippen molar-refractivity contribution < 1.29 is 24.6 Å². The van der Waals surface area contributed by atoms with E-state index in [0.717, 1.165) is 11.3 Å². The van der Waals surface area contributed by atoms with Gasteiger partial charge in [0, 0.05) is 5.38 Å². The Balaban J connectivity index is 2.94. The second-order valence-electron chi connectivity index (χ2n) is 2.64. The van der Waals surface area contributed by atoms with Gasteiger partial charge >= 0.3 is 11.9 Å². The number of nitrogen functional groups attached to an aromatic ring is 1. The fraction of sp³-hybridized carbons (Fsp3) is 0. The van der Waals surface area contributed by atoms with E-state index in [-0.39, 0.29) is 10.8 Å². The van der Waals surface area contributed by atoms with E-state index in [1.54, 1.807) is 0 Å². The van der Waals surface area contributed by atoms with Gasteiger partial charge in [0.25, 0.3) is 0 Å². The van der Waals surface area contributed by atoms with Gasteiger partial charge in [-0.3, -0.25) is 0 Å². The molecular formula is C8H7N3O5S. The summed E-state index contributed by atoms with van der Waals surface area (Å²) in [6.45, 7) is 3.02. The SMILES string of the molecule is C=C(ON=C(C(=O)O)c1csc(N)n1)C(=O)O. The minimum Gasteiger partial charge on any atom is -0.476 e. The zero-order valence-electron chi connectivity index (χ0n) is 8.28. The number of oxime groups is 1. The summed E-state index contributed by atoms with van der Waals surface area (Å²) in [6, 6.07) is 0. The number of nitrogens with two attached hydrogens (primary N) is 1. The Morgan fingerprint density at radius 3 is 2.53 bits per heavy atom. The number of carboxylic acid groups (broad SMARTS) is 2. The molecule has 1 aromatic heterocycles. The highest BCUT2D eigenvalue weighted by Gasteiger charge is 2.18. The first-order valence-corrected chi connectivity index (χ1v) is 4.91. The van der Waals surface area contributed by atoms with Gasteiger partial charge in [-0.05, 0) is 6.58 Å². The second-order valence-corrected chi connectivity index (χ2v) is 3.53. The topological polar surface area (TPSA) is 135 Å². The Labute approximate surface area is 98.6 Å². The van der Waals surface area contributed by atoms with Crippen LogP contribution in [0.3, 0.4) is 0 Å². The average molecular weight is 257 g/mol. The predicted molar refractivity (Wildman–Crippen MR) is 58.6 cm³/mol. The standard InChI is InChI=1S/C8H7N3O5S/c1-3(6(12)13)16-11-5(7(14)15)4-2-17-8(9)10-4/h2H,1H2,(H2,9,10)(H,12,13)(H,14,15). The van der Waals surface area contributed by atoms with Crippen molar-refractivity contribution >= 4 is 34.1 Å². The lowest BCUT2D eigenvalue weighted by Gasteiger charge is -1.98. The Morgan fingerprint density at radius 2 is 2.12 bits per heavy atom. The van der Waals surface area contributed by atoms with Crippen LogP contribution in [0.5, 0.6) is 0 Å². The molecule has 1 rings (SSSR count). The molecule has 0 bridgehead atoms. The lowest BCUT2D eigenvalue weighted by molar-refractivity contribution is -0.137. The highest BCUT2D eigenvalue weighted by Crippen LogP contribution is 2.12. The molecule has 0 fully saturated rings. The quantitative estimate of drug-likeness (QED) is 0.295. The maximum Gasteiger partial charge on any atom is 0.374 e. The molecule has 0 saturated carbocycles. The summed E-state index contributed by atoms with van der Waals surface area (Å²) in [5, 5.41) is 21.9. The van der Waals surface area contributed by atoms with Crippen LogP contribution in [0.2, 0.25) is 0 Å². The van der Waals surface area contributed by atoms with E-state index >= 15 is 0 Å². The van der Waals surface area contributed by atoms with Gasteiger partial charge in [-0.1, -0.05) is 5.16 Å². The van der Waals surface area contributed by atoms with Crippen molar-refractivity contribution in [1.82, 2.24) is 4.98 Å². The van der Waals surface area contributed by atoms with Crippen LogP contribution in [0.25, 0.3) is 0 Å². The first kappa shape index (κ1) is 12.6. The number of hydrogen-bond donors (Lipinski definition) is 3. The predicted octanol–water partition coefficient (Wildman–Crippen LogP) is 0.129. The van der Waals surface area contributed by atoms with Crippen LogP contribution in [-0.2, 0) is 14.4 Å². The second kappa shape index (κ2) is 5.07. The molecule has 0 amide bonds. The lowest BCUT2D eigenvalue weighted by atomic mass is 10.3. The maximum atomic E-state index is 10.8. The number of carboxylic acids is 2. The number of nitrogens with zero attached hydrogens (tertiary/aromatic N) is 2. The van der Waals surface area contributed by atoms with Gasteiger partial charge in [0.05, 0.1) is 0 Å². The van der Waals surface area contributed by atoms with Crippen molar-refractivity contribution in [3.8, 4) is 0 Å². The normalized spacial score (nSPS) is 10.9. The van der Waals surface area contributed by atoms with Crippen LogP contribution in [-0.4, -0.2) is 32.8 Å². The molecule has 8 nitrogen and oxygen atoms in total. The number of hydrogen-bond acceptors (Lipinski definition) is 7. The summed E-state index contributed by atoms with van der Waals surface area (Å²) in [5.74, 6) is -3.57. The number of aliphatic carboxylic acids is 2. The van der Waals surface area contributed by atoms with Crippen molar-refractivity contribution in [1.29, 1.82) is 0 Å². The van der Waals surface area contributed by atoms with Gasteiger partial charge < -0.3 is 20.8 Å². The summed E-state index contributed by atoms with van der Waals surface area (Å²) in [4.78, 5) is 29.2. The van der Waals surface area contributed by atoms with Crippen molar-refractivity contribution in [3.63, 3.8) is 0 Å². The number of thiazole rings is 1. The van der Waals surface area contributed by atoms with Crippen LogP contribution in [0.4, 0.5) is 5.13 Å². The lowest BCUT2D eigenvalue weighted by Crippen LogP contribution is -2.16. The smallest absolute Gasteiger partial charge is 0.374 e. The van der Waals surface area contributed by atoms with Crippen molar-refractivity contribution in [2.24, 2.45) is 5.16 Å². The third-order valence-corrected chi connectivity index (χ3v) is 2.13. The van der Waals surface area contributed by atoms with Crippen molar-refractivity contribution in [3.05, 3.63) is 23.4 Å².